The molecular formula is C21H20F3N5O. The van der Waals surface area contributed by atoms with E-state index in [9.17, 15) is 18.0 Å². The monoisotopic (exact) mass is 415 g/mol. The second-order valence-corrected chi connectivity index (χ2v) is 8.03. The first kappa shape index (κ1) is 18.9. The molecule has 2 aliphatic rings. The minimum atomic E-state index is -4.52. The van der Waals surface area contributed by atoms with E-state index in [-0.39, 0.29) is 11.9 Å². The molecule has 2 aliphatic heterocycles. The van der Waals surface area contributed by atoms with Gasteiger partial charge >= 0.3 is 6.18 Å². The molecule has 1 unspecified atom stereocenters. The van der Waals surface area contributed by atoms with E-state index in [1.807, 2.05) is 35.4 Å². The van der Waals surface area contributed by atoms with Gasteiger partial charge in [-0.25, -0.2) is 9.97 Å². The molecular weight excluding hydrogens is 395 g/mol. The molecule has 1 spiro atoms. The fourth-order valence-corrected chi connectivity index (χ4v) is 4.59. The highest BCUT2D eigenvalue weighted by atomic mass is 19.4. The topological polar surface area (TPSA) is 65.1 Å². The maximum absolute atomic E-state index is 13.3. The number of aromatic amines is 1. The number of hydrogen-bond donors (Lipinski definition) is 1. The zero-order valence-corrected chi connectivity index (χ0v) is 16.1. The SMILES string of the molecule is O=C1N(Cc2c[nH]c3ccccc23)CCC12CCN(c1nccc(C(F)(F)F)n1)C2. The third-order valence-corrected chi connectivity index (χ3v) is 6.21. The molecule has 1 atom stereocenters. The standard InChI is InChI=1S/C21H20F3N5O/c22-21(23,24)17-5-8-25-19(27-17)29-10-7-20(13-29)6-9-28(18(20)30)12-14-11-26-16-4-2-1-3-15(14)16/h1-5,8,11,26H,6-7,9-10,12-13H2. The van der Waals surface area contributed by atoms with Gasteiger partial charge in [-0.05, 0) is 30.5 Å². The summed E-state index contributed by atoms with van der Waals surface area (Å²) in [6.07, 6.45) is -0.190. The Morgan fingerprint density at radius 3 is 2.77 bits per heavy atom. The Morgan fingerprint density at radius 1 is 1.13 bits per heavy atom. The lowest BCUT2D eigenvalue weighted by Crippen LogP contribution is -2.37. The molecule has 1 N–H and O–H groups in total. The van der Waals surface area contributed by atoms with Gasteiger partial charge in [0, 0.05) is 49.5 Å². The summed E-state index contributed by atoms with van der Waals surface area (Å²) in [4.78, 5) is 27.7. The van der Waals surface area contributed by atoms with Crippen LogP contribution < -0.4 is 4.90 Å². The number of anilines is 1. The van der Waals surface area contributed by atoms with Crippen molar-refractivity contribution in [3.63, 3.8) is 0 Å². The molecule has 5 rings (SSSR count). The third-order valence-electron chi connectivity index (χ3n) is 6.21. The smallest absolute Gasteiger partial charge is 0.361 e. The first-order valence-electron chi connectivity index (χ1n) is 9.85. The molecule has 1 aromatic carbocycles. The van der Waals surface area contributed by atoms with Crippen LogP contribution in [0.4, 0.5) is 19.1 Å². The van der Waals surface area contributed by atoms with Crippen LogP contribution in [-0.2, 0) is 17.5 Å². The molecule has 0 saturated carbocycles. The van der Waals surface area contributed by atoms with Crippen LogP contribution in [0.5, 0.6) is 0 Å². The number of hydrogen-bond acceptors (Lipinski definition) is 4. The largest absolute Gasteiger partial charge is 0.433 e. The van der Waals surface area contributed by atoms with E-state index in [4.69, 9.17) is 0 Å². The van der Waals surface area contributed by atoms with E-state index in [0.717, 1.165) is 28.7 Å². The molecule has 2 aromatic heterocycles. The molecule has 6 nitrogen and oxygen atoms in total. The van der Waals surface area contributed by atoms with Gasteiger partial charge in [-0.3, -0.25) is 4.79 Å². The van der Waals surface area contributed by atoms with Gasteiger partial charge in [-0.1, -0.05) is 18.2 Å². The van der Waals surface area contributed by atoms with E-state index in [1.165, 1.54) is 0 Å². The van der Waals surface area contributed by atoms with Crippen molar-refractivity contribution in [1.29, 1.82) is 0 Å². The highest BCUT2D eigenvalue weighted by Gasteiger charge is 2.51. The number of carbonyl (C=O) groups is 1. The number of alkyl halides is 3. The zero-order valence-electron chi connectivity index (χ0n) is 16.1. The van der Waals surface area contributed by atoms with Gasteiger partial charge in [0.2, 0.25) is 11.9 Å². The summed E-state index contributed by atoms with van der Waals surface area (Å²) in [6, 6.07) is 8.81. The van der Waals surface area contributed by atoms with Crippen molar-refractivity contribution in [2.75, 3.05) is 24.5 Å². The summed E-state index contributed by atoms with van der Waals surface area (Å²) in [5.74, 6) is 0.0897. The molecule has 30 heavy (non-hydrogen) atoms. The summed E-state index contributed by atoms with van der Waals surface area (Å²) >= 11 is 0. The van der Waals surface area contributed by atoms with Crippen LogP contribution in [0.2, 0.25) is 0 Å². The second-order valence-electron chi connectivity index (χ2n) is 8.03. The second kappa shape index (κ2) is 6.72. The number of benzene rings is 1. The van der Waals surface area contributed by atoms with E-state index in [1.54, 1.807) is 4.90 Å². The Labute approximate surface area is 170 Å². The number of likely N-dealkylation sites (tertiary alicyclic amines) is 1. The minimum absolute atomic E-state index is 0.0320. The Bertz CT molecular complexity index is 1110. The van der Waals surface area contributed by atoms with Gasteiger partial charge in [0.15, 0.2) is 0 Å². The predicted molar refractivity (Wildman–Crippen MR) is 105 cm³/mol. The molecule has 2 saturated heterocycles. The number of amides is 1. The maximum atomic E-state index is 13.3. The number of H-pyrrole nitrogens is 1. The van der Waals surface area contributed by atoms with Gasteiger partial charge < -0.3 is 14.8 Å². The molecule has 9 heteroatoms. The van der Waals surface area contributed by atoms with Crippen LogP contribution in [0.25, 0.3) is 10.9 Å². The van der Waals surface area contributed by atoms with Crippen LogP contribution in [0.15, 0.2) is 42.7 Å². The summed E-state index contributed by atoms with van der Waals surface area (Å²) in [5, 5.41) is 1.09. The lowest BCUT2D eigenvalue weighted by atomic mass is 9.85. The van der Waals surface area contributed by atoms with Crippen LogP contribution >= 0.6 is 0 Å². The van der Waals surface area contributed by atoms with E-state index >= 15 is 0 Å². The fourth-order valence-electron chi connectivity index (χ4n) is 4.59. The first-order chi connectivity index (χ1) is 14.4. The van der Waals surface area contributed by atoms with E-state index in [2.05, 4.69) is 15.0 Å². The van der Waals surface area contributed by atoms with Gasteiger partial charge in [0.1, 0.15) is 5.69 Å². The highest BCUT2D eigenvalue weighted by Crippen LogP contribution is 2.42. The van der Waals surface area contributed by atoms with Crippen LogP contribution in [0, 0.1) is 5.41 Å². The number of fused-ring (bicyclic) bond motifs is 1. The highest BCUT2D eigenvalue weighted by molar-refractivity contribution is 5.88. The minimum Gasteiger partial charge on any atom is -0.361 e. The van der Waals surface area contributed by atoms with Gasteiger partial charge in [-0.2, -0.15) is 13.2 Å². The fraction of sp³-hybridized carbons (Fsp3) is 0.381. The normalized spacial score (nSPS) is 22.0. The summed E-state index contributed by atoms with van der Waals surface area (Å²) < 4.78 is 38.9. The summed E-state index contributed by atoms with van der Waals surface area (Å²) in [6.45, 7) is 1.96. The van der Waals surface area contributed by atoms with Crippen LogP contribution in [0.3, 0.4) is 0 Å². The molecule has 2 fully saturated rings. The molecule has 3 aromatic rings. The molecule has 156 valence electrons. The predicted octanol–water partition coefficient (Wildman–Crippen LogP) is 3.61. The van der Waals surface area contributed by atoms with Crippen molar-refractivity contribution in [2.45, 2.75) is 25.6 Å². The third kappa shape index (κ3) is 3.09. The zero-order chi connectivity index (χ0) is 20.9. The Kier molecular flexibility index (Phi) is 4.23. The van der Waals surface area contributed by atoms with Crippen molar-refractivity contribution >= 4 is 22.8 Å². The van der Waals surface area contributed by atoms with Crippen LogP contribution in [-0.4, -0.2) is 45.4 Å². The summed E-state index contributed by atoms with van der Waals surface area (Å²) in [7, 11) is 0. The van der Waals surface area contributed by atoms with Crippen molar-refractivity contribution < 1.29 is 18.0 Å². The van der Waals surface area contributed by atoms with Crippen molar-refractivity contribution in [2.24, 2.45) is 5.41 Å². The number of para-hydroxylation sites is 1. The average Bonchev–Trinajstić information content (AvgIpc) is 3.43. The number of nitrogens with one attached hydrogen (secondary N) is 1. The van der Waals surface area contributed by atoms with Gasteiger partial charge in [-0.15, -0.1) is 0 Å². The maximum Gasteiger partial charge on any atom is 0.433 e. The van der Waals surface area contributed by atoms with Crippen LogP contribution in [0.1, 0.15) is 24.1 Å². The van der Waals surface area contributed by atoms with Gasteiger partial charge in [0.25, 0.3) is 0 Å². The number of halogens is 3. The van der Waals surface area contributed by atoms with Crippen molar-refractivity contribution in [3.8, 4) is 0 Å². The van der Waals surface area contributed by atoms with Crippen molar-refractivity contribution in [1.82, 2.24) is 19.9 Å². The quantitative estimate of drug-likeness (QED) is 0.710. The van der Waals surface area contributed by atoms with Crippen molar-refractivity contribution in [3.05, 3.63) is 54.0 Å². The Hall–Kier alpha value is -3.10. The lowest BCUT2D eigenvalue weighted by molar-refractivity contribution is -0.141. The van der Waals surface area contributed by atoms with E-state index < -0.39 is 17.3 Å². The number of carbonyl (C=O) groups excluding carboxylic acids is 1. The molecule has 0 radical (unpaired) electrons. The van der Waals surface area contributed by atoms with E-state index in [0.29, 0.717) is 39.0 Å². The Morgan fingerprint density at radius 2 is 1.93 bits per heavy atom. The Balaban J connectivity index is 1.33. The molecule has 0 bridgehead atoms. The van der Waals surface area contributed by atoms with Gasteiger partial charge in [0.05, 0.1) is 5.41 Å². The molecule has 4 heterocycles. The molecule has 1 amide bonds. The lowest BCUT2D eigenvalue weighted by Gasteiger charge is -2.24. The number of rotatable bonds is 3. The molecule has 0 aliphatic carbocycles. The first-order valence-corrected chi connectivity index (χ1v) is 9.85. The summed E-state index contributed by atoms with van der Waals surface area (Å²) in [5.41, 5.74) is 0.547. The average molecular weight is 415 g/mol. The number of aromatic nitrogens is 3. The number of nitrogens with zero attached hydrogens (tertiary/aromatic N) is 4.